The predicted molar refractivity (Wildman–Crippen MR) is 93.9 cm³/mol. The highest BCUT2D eigenvalue weighted by Gasteiger charge is 2.21. The fourth-order valence-corrected chi connectivity index (χ4v) is 2.57. The number of benzene rings is 2. The molecule has 2 aromatic rings. The number of carbonyl (C=O) groups is 2. The zero-order valence-electron chi connectivity index (χ0n) is 13.5. The molecule has 0 aliphatic carbocycles. The summed E-state index contributed by atoms with van der Waals surface area (Å²) in [5, 5.41) is 9.19. The number of halogens is 1. The molecular weight excluding hydrogens is 323 g/mol. The second kappa shape index (κ2) is 7.12. The molecular formula is C18H17FN4O2. The molecule has 0 radical (unpaired) electrons. The Kier molecular flexibility index (Phi) is 4.74. The minimum absolute atomic E-state index is 0.0249. The highest BCUT2D eigenvalue weighted by molar-refractivity contribution is 6.06. The molecule has 1 heterocycles. The summed E-state index contributed by atoms with van der Waals surface area (Å²) >= 11 is 0. The van der Waals surface area contributed by atoms with Crippen molar-refractivity contribution in [2.24, 2.45) is 11.0 Å². The van der Waals surface area contributed by atoms with Crippen LogP contribution >= 0.6 is 0 Å². The molecule has 2 aromatic carbocycles. The molecule has 0 saturated heterocycles. The van der Waals surface area contributed by atoms with Crippen LogP contribution in [0.4, 0.5) is 20.6 Å². The normalized spacial score (nSPS) is 16.6. The molecule has 0 spiro atoms. The third-order valence-corrected chi connectivity index (χ3v) is 3.82. The summed E-state index contributed by atoms with van der Waals surface area (Å²) in [5.74, 6) is -0.574. The molecule has 0 bridgehead atoms. The first-order valence-corrected chi connectivity index (χ1v) is 7.82. The molecule has 7 heteroatoms. The van der Waals surface area contributed by atoms with Gasteiger partial charge in [-0.05, 0) is 29.8 Å². The number of urea groups is 1. The molecule has 0 aromatic heterocycles. The van der Waals surface area contributed by atoms with Crippen LogP contribution in [0.5, 0.6) is 0 Å². The monoisotopic (exact) mass is 340 g/mol. The van der Waals surface area contributed by atoms with Crippen LogP contribution in [-0.2, 0) is 4.79 Å². The summed E-state index contributed by atoms with van der Waals surface area (Å²) < 4.78 is 13.5. The van der Waals surface area contributed by atoms with Crippen LogP contribution < -0.4 is 16.1 Å². The molecule has 6 nitrogen and oxygen atoms in total. The topological polar surface area (TPSA) is 82.6 Å². The summed E-state index contributed by atoms with van der Waals surface area (Å²) in [5.41, 5.74) is 4.81. The van der Waals surface area contributed by atoms with E-state index in [-0.39, 0.29) is 17.5 Å². The van der Waals surface area contributed by atoms with Crippen LogP contribution in [0.15, 0.2) is 53.6 Å². The molecule has 25 heavy (non-hydrogen) atoms. The lowest BCUT2D eigenvalue weighted by Crippen LogP contribution is -2.31. The van der Waals surface area contributed by atoms with E-state index in [1.54, 1.807) is 24.3 Å². The van der Waals surface area contributed by atoms with Crippen LogP contribution in [0.3, 0.4) is 0 Å². The van der Waals surface area contributed by atoms with Gasteiger partial charge >= 0.3 is 6.03 Å². The van der Waals surface area contributed by atoms with Crippen LogP contribution in [0.25, 0.3) is 0 Å². The fourth-order valence-electron chi connectivity index (χ4n) is 2.57. The SMILES string of the molecule is CC1CC(=O)NN=C1c1ccc(NC(=O)Nc2ccccc2F)cc1. The predicted octanol–water partition coefficient (Wildman–Crippen LogP) is 3.33. The lowest BCUT2D eigenvalue weighted by Gasteiger charge is -2.19. The van der Waals surface area contributed by atoms with Gasteiger partial charge in [0.2, 0.25) is 5.91 Å². The van der Waals surface area contributed by atoms with Crippen molar-refractivity contribution in [3.8, 4) is 0 Å². The summed E-state index contributed by atoms with van der Waals surface area (Å²) in [6, 6.07) is 12.5. The Labute approximate surface area is 144 Å². The fraction of sp³-hybridized carbons (Fsp3) is 0.167. The van der Waals surface area contributed by atoms with Gasteiger partial charge in [-0.25, -0.2) is 14.6 Å². The zero-order chi connectivity index (χ0) is 17.8. The summed E-state index contributed by atoms with van der Waals surface area (Å²) in [7, 11) is 0. The molecule has 0 fully saturated rings. The lowest BCUT2D eigenvalue weighted by molar-refractivity contribution is -0.121. The van der Waals surface area contributed by atoms with E-state index in [2.05, 4.69) is 21.2 Å². The van der Waals surface area contributed by atoms with E-state index in [9.17, 15) is 14.0 Å². The minimum Gasteiger partial charge on any atom is -0.308 e. The highest BCUT2D eigenvalue weighted by Crippen LogP contribution is 2.19. The maximum atomic E-state index is 13.5. The number of para-hydroxylation sites is 1. The molecule has 0 saturated carbocycles. The molecule has 3 rings (SSSR count). The number of hydrazone groups is 1. The van der Waals surface area contributed by atoms with E-state index >= 15 is 0 Å². The van der Waals surface area contributed by atoms with Crippen molar-refractivity contribution < 1.29 is 14.0 Å². The van der Waals surface area contributed by atoms with Crippen molar-refractivity contribution >= 4 is 29.0 Å². The van der Waals surface area contributed by atoms with E-state index < -0.39 is 11.8 Å². The van der Waals surface area contributed by atoms with E-state index in [1.807, 2.05) is 19.1 Å². The number of rotatable bonds is 3. The Bertz CT molecular complexity index is 833. The molecule has 1 aliphatic heterocycles. The van der Waals surface area contributed by atoms with Crippen LogP contribution in [-0.4, -0.2) is 17.6 Å². The first kappa shape index (κ1) is 16.6. The zero-order valence-corrected chi connectivity index (χ0v) is 13.5. The number of nitrogens with zero attached hydrogens (tertiary/aromatic N) is 1. The summed E-state index contributed by atoms with van der Waals surface area (Å²) in [6.07, 6.45) is 0.393. The third kappa shape index (κ3) is 4.00. The maximum Gasteiger partial charge on any atom is 0.323 e. The van der Waals surface area contributed by atoms with Crippen molar-refractivity contribution in [2.45, 2.75) is 13.3 Å². The molecule has 3 N–H and O–H groups in total. The van der Waals surface area contributed by atoms with Gasteiger partial charge in [0.15, 0.2) is 0 Å². The molecule has 1 atom stereocenters. The highest BCUT2D eigenvalue weighted by atomic mass is 19.1. The van der Waals surface area contributed by atoms with Gasteiger partial charge in [-0.1, -0.05) is 31.2 Å². The van der Waals surface area contributed by atoms with Gasteiger partial charge in [0.05, 0.1) is 11.4 Å². The number of hydrogen-bond donors (Lipinski definition) is 3. The van der Waals surface area contributed by atoms with Crippen molar-refractivity contribution in [1.82, 2.24) is 5.43 Å². The smallest absolute Gasteiger partial charge is 0.308 e. The van der Waals surface area contributed by atoms with E-state index in [0.29, 0.717) is 12.1 Å². The number of nitrogens with one attached hydrogen (secondary N) is 3. The minimum atomic E-state index is -0.534. The largest absolute Gasteiger partial charge is 0.323 e. The Balaban J connectivity index is 1.66. The Hall–Kier alpha value is -3.22. The second-order valence-electron chi connectivity index (χ2n) is 5.77. The third-order valence-electron chi connectivity index (χ3n) is 3.82. The molecule has 1 aliphatic rings. The molecule has 128 valence electrons. The van der Waals surface area contributed by atoms with Crippen LogP contribution in [0.2, 0.25) is 0 Å². The van der Waals surface area contributed by atoms with Gasteiger partial charge in [0, 0.05) is 18.0 Å². The summed E-state index contributed by atoms with van der Waals surface area (Å²) in [4.78, 5) is 23.2. The van der Waals surface area contributed by atoms with Gasteiger partial charge in [0.1, 0.15) is 5.82 Å². The number of anilines is 2. The average molecular weight is 340 g/mol. The van der Waals surface area contributed by atoms with Gasteiger partial charge in [-0.15, -0.1) is 0 Å². The lowest BCUT2D eigenvalue weighted by atomic mass is 9.94. The van der Waals surface area contributed by atoms with Crippen LogP contribution in [0, 0.1) is 11.7 Å². The summed E-state index contributed by atoms with van der Waals surface area (Å²) in [6.45, 7) is 1.94. The maximum absolute atomic E-state index is 13.5. The van der Waals surface area contributed by atoms with E-state index in [1.165, 1.54) is 12.1 Å². The Morgan fingerprint density at radius 1 is 1.16 bits per heavy atom. The number of carbonyl (C=O) groups excluding carboxylic acids is 2. The Morgan fingerprint density at radius 3 is 2.56 bits per heavy atom. The number of hydrogen-bond acceptors (Lipinski definition) is 3. The van der Waals surface area contributed by atoms with Gasteiger partial charge in [-0.3, -0.25) is 4.79 Å². The van der Waals surface area contributed by atoms with Gasteiger partial charge < -0.3 is 10.6 Å². The quantitative estimate of drug-likeness (QED) is 0.801. The first-order chi connectivity index (χ1) is 12.0. The van der Waals surface area contributed by atoms with Gasteiger partial charge in [0.25, 0.3) is 0 Å². The van der Waals surface area contributed by atoms with Gasteiger partial charge in [-0.2, -0.15) is 5.10 Å². The van der Waals surface area contributed by atoms with Crippen molar-refractivity contribution in [3.05, 3.63) is 59.9 Å². The van der Waals surface area contributed by atoms with E-state index in [4.69, 9.17) is 0 Å². The van der Waals surface area contributed by atoms with Crippen LogP contribution in [0.1, 0.15) is 18.9 Å². The standard InChI is InChI=1S/C18H17FN4O2/c1-11-10-16(24)22-23-17(11)12-6-8-13(9-7-12)20-18(25)21-15-5-3-2-4-14(15)19/h2-9,11H,10H2,1H3,(H,22,24)(H2,20,21,25). The Morgan fingerprint density at radius 2 is 1.88 bits per heavy atom. The van der Waals surface area contributed by atoms with Crippen molar-refractivity contribution in [1.29, 1.82) is 0 Å². The molecule has 1 unspecified atom stereocenters. The first-order valence-electron chi connectivity index (χ1n) is 7.82. The van der Waals surface area contributed by atoms with E-state index in [0.717, 1.165) is 11.3 Å². The average Bonchev–Trinajstić information content (AvgIpc) is 2.58. The second-order valence-corrected chi connectivity index (χ2v) is 5.77. The van der Waals surface area contributed by atoms with Crippen molar-refractivity contribution in [2.75, 3.05) is 10.6 Å². The number of amides is 3. The molecule has 3 amide bonds. The van der Waals surface area contributed by atoms with Crippen molar-refractivity contribution in [3.63, 3.8) is 0 Å².